The number of hydrogen-bond donors (Lipinski definition) is 1. The van der Waals surface area contributed by atoms with E-state index in [1.54, 1.807) is 18.4 Å². The fourth-order valence-corrected chi connectivity index (χ4v) is 4.00. The van der Waals surface area contributed by atoms with Crippen molar-refractivity contribution in [3.8, 4) is 5.75 Å². The maximum Gasteiger partial charge on any atom is 0.143 e. The van der Waals surface area contributed by atoms with Crippen molar-refractivity contribution in [2.45, 2.75) is 19.8 Å². The molecule has 2 aromatic heterocycles. The van der Waals surface area contributed by atoms with E-state index in [0.717, 1.165) is 39.7 Å². The summed E-state index contributed by atoms with van der Waals surface area (Å²) in [6, 6.07) is 20.4. The molecule has 2 heterocycles. The van der Waals surface area contributed by atoms with Crippen LogP contribution < -0.4 is 10.1 Å². The van der Waals surface area contributed by atoms with E-state index in [4.69, 9.17) is 14.7 Å². The summed E-state index contributed by atoms with van der Waals surface area (Å²) in [5.74, 6) is 2.43. The normalized spacial score (nSPS) is 10.9. The molecule has 0 saturated heterocycles. The predicted octanol–water partition coefficient (Wildman–Crippen LogP) is 5.60. The number of methoxy groups -OCH3 is 1. The molecular weight excluding hydrogens is 354 g/mol. The van der Waals surface area contributed by atoms with Gasteiger partial charge in [0, 0.05) is 11.3 Å². The molecule has 136 valence electrons. The first-order chi connectivity index (χ1) is 13.3. The fraction of sp³-hybridized carbons (Fsp3) is 0.182. The first-order valence-electron chi connectivity index (χ1n) is 9.00. The second kappa shape index (κ2) is 7.76. The minimum absolute atomic E-state index is 0.705. The summed E-state index contributed by atoms with van der Waals surface area (Å²) in [4.78, 5) is 12.0. The lowest BCUT2D eigenvalue weighted by Gasteiger charge is -2.12. The number of benzene rings is 2. The lowest BCUT2D eigenvalue weighted by Crippen LogP contribution is -2.02. The lowest BCUT2D eigenvalue weighted by atomic mass is 10.1. The van der Waals surface area contributed by atoms with E-state index in [9.17, 15) is 0 Å². The molecule has 0 unspecified atom stereocenters. The van der Waals surface area contributed by atoms with E-state index < -0.39 is 0 Å². The second-order valence-corrected chi connectivity index (χ2v) is 7.38. The molecule has 4 nitrogen and oxygen atoms in total. The molecule has 4 aromatic rings. The minimum atomic E-state index is 0.705. The topological polar surface area (TPSA) is 47.0 Å². The Morgan fingerprint density at radius 3 is 2.56 bits per heavy atom. The molecule has 0 amide bonds. The van der Waals surface area contributed by atoms with Gasteiger partial charge in [-0.25, -0.2) is 9.97 Å². The van der Waals surface area contributed by atoms with Crippen molar-refractivity contribution >= 4 is 33.1 Å². The summed E-state index contributed by atoms with van der Waals surface area (Å²) < 4.78 is 5.48. The number of ether oxygens (including phenoxy) is 1. The highest BCUT2D eigenvalue weighted by Crippen LogP contribution is 2.33. The van der Waals surface area contributed by atoms with Crippen molar-refractivity contribution in [2.24, 2.45) is 0 Å². The van der Waals surface area contributed by atoms with Crippen LogP contribution in [0.1, 0.15) is 23.2 Å². The van der Waals surface area contributed by atoms with Crippen LogP contribution in [0.15, 0.2) is 60.7 Å². The average molecular weight is 375 g/mol. The van der Waals surface area contributed by atoms with Crippen LogP contribution in [0.4, 0.5) is 11.5 Å². The summed E-state index contributed by atoms with van der Waals surface area (Å²) in [6.45, 7) is 2.16. The van der Waals surface area contributed by atoms with Crippen molar-refractivity contribution < 1.29 is 4.74 Å². The third kappa shape index (κ3) is 3.78. The molecule has 0 aliphatic heterocycles. The standard InChI is InChI=1S/C22H21N3OS/c1-3-16-14-17-21(23-18-11-7-8-12-19(18)26-2)24-20(25-22(17)27-16)13-15-9-5-4-6-10-15/h4-12,14H,3,13H2,1-2H3,(H,23,24,25). The summed E-state index contributed by atoms with van der Waals surface area (Å²) in [5, 5.41) is 4.52. The summed E-state index contributed by atoms with van der Waals surface area (Å²) in [5.41, 5.74) is 2.10. The highest BCUT2D eigenvalue weighted by Gasteiger charge is 2.13. The van der Waals surface area contributed by atoms with Gasteiger partial charge >= 0.3 is 0 Å². The summed E-state index contributed by atoms with van der Waals surface area (Å²) in [6.07, 6.45) is 1.69. The van der Waals surface area contributed by atoms with E-state index >= 15 is 0 Å². The maximum absolute atomic E-state index is 5.48. The van der Waals surface area contributed by atoms with Gasteiger partial charge in [-0.1, -0.05) is 49.4 Å². The quantitative estimate of drug-likeness (QED) is 0.477. The number of aryl methyl sites for hydroxylation is 1. The molecule has 1 N–H and O–H groups in total. The zero-order valence-electron chi connectivity index (χ0n) is 15.4. The Morgan fingerprint density at radius 2 is 1.78 bits per heavy atom. The fourth-order valence-electron chi connectivity index (χ4n) is 3.02. The van der Waals surface area contributed by atoms with Gasteiger partial charge in [0.15, 0.2) is 0 Å². The molecule has 0 saturated carbocycles. The third-order valence-electron chi connectivity index (χ3n) is 4.40. The van der Waals surface area contributed by atoms with Gasteiger partial charge in [-0.15, -0.1) is 11.3 Å². The third-order valence-corrected chi connectivity index (χ3v) is 5.58. The van der Waals surface area contributed by atoms with E-state index in [1.165, 1.54) is 10.4 Å². The van der Waals surface area contributed by atoms with Gasteiger partial charge in [0.1, 0.15) is 22.2 Å². The van der Waals surface area contributed by atoms with Gasteiger partial charge in [-0.2, -0.15) is 0 Å². The molecule has 5 heteroatoms. The van der Waals surface area contributed by atoms with E-state index in [1.807, 2.05) is 42.5 Å². The molecular formula is C22H21N3OS. The van der Waals surface area contributed by atoms with Gasteiger partial charge in [0.2, 0.25) is 0 Å². The Morgan fingerprint density at radius 1 is 1.00 bits per heavy atom. The molecule has 2 aromatic carbocycles. The van der Waals surface area contributed by atoms with Crippen LogP contribution in [0.2, 0.25) is 0 Å². The van der Waals surface area contributed by atoms with Crippen molar-refractivity contribution in [2.75, 3.05) is 12.4 Å². The number of rotatable bonds is 6. The molecule has 0 spiro atoms. The van der Waals surface area contributed by atoms with Crippen LogP contribution in [0, 0.1) is 0 Å². The molecule has 0 aliphatic rings. The molecule has 0 atom stereocenters. The number of hydrogen-bond acceptors (Lipinski definition) is 5. The van der Waals surface area contributed by atoms with Gasteiger partial charge in [-0.05, 0) is 30.2 Å². The van der Waals surface area contributed by atoms with Crippen molar-refractivity contribution in [3.05, 3.63) is 76.9 Å². The summed E-state index contributed by atoms with van der Waals surface area (Å²) in [7, 11) is 1.68. The van der Waals surface area contributed by atoms with E-state index in [0.29, 0.717) is 6.42 Å². The summed E-state index contributed by atoms with van der Waals surface area (Å²) >= 11 is 1.73. The number of nitrogens with one attached hydrogen (secondary N) is 1. The Kier molecular flexibility index (Phi) is 5.03. The van der Waals surface area contributed by atoms with Crippen LogP contribution in [0.5, 0.6) is 5.75 Å². The van der Waals surface area contributed by atoms with Crippen LogP contribution in [-0.4, -0.2) is 17.1 Å². The second-order valence-electron chi connectivity index (χ2n) is 6.26. The smallest absolute Gasteiger partial charge is 0.143 e. The Bertz CT molecular complexity index is 1060. The van der Waals surface area contributed by atoms with Crippen molar-refractivity contribution in [1.82, 2.24) is 9.97 Å². The Labute approximate surface area is 162 Å². The molecule has 0 radical (unpaired) electrons. The number of thiophene rings is 1. The van der Waals surface area contributed by atoms with Crippen LogP contribution in [0.3, 0.4) is 0 Å². The zero-order chi connectivity index (χ0) is 18.6. The van der Waals surface area contributed by atoms with Crippen LogP contribution in [-0.2, 0) is 12.8 Å². The van der Waals surface area contributed by atoms with Gasteiger partial charge < -0.3 is 10.1 Å². The van der Waals surface area contributed by atoms with Gasteiger partial charge in [0.05, 0.1) is 18.2 Å². The van der Waals surface area contributed by atoms with E-state index in [-0.39, 0.29) is 0 Å². The van der Waals surface area contributed by atoms with Crippen molar-refractivity contribution in [3.63, 3.8) is 0 Å². The average Bonchev–Trinajstić information content (AvgIpc) is 3.13. The van der Waals surface area contributed by atoms with E-state index in [2.05, 4.69) is 30.4 Å². The highest BCUT2D eigenvalue weighted by atomic mass is 32.1. The predicted molar refractivity (Wildman–Crippen MR) is 112 cm³/mol. The minimum Gasteiger partial charge on any atom is -0.495 e. The number of nitrogens with zero attached hydrogens (tertiary/aromatic N) is 2. The number of aromatic nitrogens is 2. The molecule has 27 heavy (non-hydrogen) atoms. The highest BCUT2D eigenvalue weighted by molar-refractivity contribution is 7.18. The number of fused-ring (bicyclic) bond motifs is 1. The zero-order valence-corrected chi connectivity index (χ0v) is 16.2. The Balaban J connectivity index is 1.78. The van der Waals surface area contributed by atoms with Gasteiger partial charge in [-0.3, -0.25) is 0 Å². The molecule has 0 aliphatic carbocycles. The van der Waals surface area contributed by atoms with Crippen LogP contribution >= 0.6 is 11.3 Å². The first-order valence-corrected chi connectivity index (χ1v) is 9.81. The molecule has 4 rings (SSSR count). The van der Waals surface area contributed by atoms with Gasteiger partial charge in [0.25, 0.3) is 0 Å². The number of anilines is 2. The lowest BCUT2D eigenvalue weighted by molar-refractivity contribution is 0.417. The molecule has 0 bridgehead atoms. The first kappa shape index (κ1) is 17.5. The monoisotopic (exact) mass is 375 g/mol. The molecule has 0 fully saturated rings. The largest absolute Gasteiger partial charge is 0.495 e. The van der Waals surface area contributed by atoms with Crippen molar-refractivity contribution in [1.29, 1.82) is 0 Å². The maximum atomic E-state index is 5.48. The Hall–Kier alpha value is -2.92. The SMILES string of the molecule is CCc1cc2c(Nc3ccccc3OC)nc(Cc3ccccc3)nc2s1. The van der Waals surface area contributed by atoms with Crippen LogP contribution in [0.25, 0.3) is 10.2 Å². The number of para-hydroxylation sites is 2.